The number of carbonyl (C=O) groups excluding carboxylic acids is 1. The van der Waals surface area contributed by atoms with Gasteiger partial charge in [0.1, 0.15) is 17.2 Å². The van der Waals surface area contributed by atoms with Crippen molar-refractivity contribution in [2.45, 2.75) is 19.8 Å². The van der Waals surface area contributed by atoms with Gasteiger partial charge in [0.15, 0.2) is 5.75 Å². The maximum Gasteiger partial charge on any atom is 0.343 e. The summed E-state index contributed by atoms with van der Waals surface area (Å²) in [7, 11) is 0. The van der Waals surface area contributed by atoms with E-state index in [0.717, 1.165) is 15.3 Å². The van der Waals surface area contributed by atoms with E-state index in [-0.39, 0.29) is 18.1 Å². The number of thiophene rings is 1. The topological polar surface area (TPSA) is 85.3 Å². The van der Waals surface area contributed by atoms with Crippen molar-refractivity contribution in [3.05, 3.63) is 61.6 Å². The smallest absolute Gasteiger partial charge is 0.343 e. The largest absolute Gasteiger partial charge is 0.462 e. The first-order valence-corrected chi connectivity index (χ1v) is 8.81. The first kappa shape index (κ1) is 17.3. The number of ether oxygens (including phenoxy) is 2. The molecule has 0 amide bonds. The maximum absolute atomic E-state index is 12.3. The van der Waals surface area contributed by atoms with E-state index in [2.05, 4.69) is 6.07 Å². The molecule has 0 fully saturated rings. The summed E-state index contributed by atoms with van der Waals surface area (Å²) in [6.07, 6.45) is 0. The zero-order valence-corrected chi connectivity index (χ0v) is 15.2. The fourth-order valence-electron chi connectivity index (χ4n) is 2.84. The normalized spacial score (nSPS) is 16.0. The fourth-order valence-corrected chi connectivity index (χ4v) is 4.29. The molecule has 0 radical (unpaired) electrons. The Bertz CT molecular complexity index is 927. The van der Waals surface area contributed by atoms with Gasteiger partial charge in [-0.2, -0.15) is 5.26 Å². The van der Waals surface area contributed by atoms with Crippen LogP contribution in [0.25, 0.3) is 0 Å². The Labute approximate surface area is 154 Å². The van der Waals surface area contributed by atoms with E-state index >= 15 is 0 Å². The Morgan fingerprint density at radius 1 is 1.48 bits per heavy atom. The molecule has 1 unspecified atom stereocenters. The van der Waals surface area contributed by atoms with Gasteiger partial charge in [-0.1, -0.05) is 29.8 Å². The highest BCUT2D eigenvalue weighted by Crippen LogP contribution is 2.50. The number of allylic oxidation sites excluding steroid dienone is 1. The van der Waals surface area contributed by atoms with Crippen molar-refractivity contribution in [3.8, 4) is 11.8 Å². The maximum atomic E-state index is 12.3. The number of rotatable bonds is 3. The van der Waals surface area contributed by atoms with Crippen LogP contribution in [0.4, 0.5) is 0 Å². The van der Waals surface area contributed by atoms with Gasteiger partial charge in [-0.05, 0) is 25.5 Å². The van der Waals surface area contributed by atoms with Gasteiger partial charge >= 0.3 is 5.97 Å². The molecular weight excluding hydrogens is 360 g/mol. The summed E-state index contributed by atoms with van der Waals surface area (Å²) in [5.41, 5.74) is 7.34. The third-order valence-corrected chi connectivity index (χ3v) is 5.41. The van der Waals surface area contributed by atoms with E-state index in [9.17, 15) is 10.1 Å². The van der Waals surface area contributed by atoms with Crippen LogP contribution in [0.2, 0.25) is 5.02 Å². The quantitative estimate of drug-likeness (QED) is 0.817. The molecule has 128 valence electrons. The van der Waals surface area contributed by atoms with Gasteiger partial charge in [0.25, 0.3) is 0 Å². The number of nitriles is 1. The van der Waals surface area contributed by atoms with Crippen LogP contribution in [-0.2, 0) is 4.74 Å². The molecule has 1 aliphatic rings. The van der Waals surface area contributed by atoms with E-state index in [1.165, 1.54) is 11.3 Å². The summed E-state index contributed by atoms with van der Waals surface area (Å²) >= 11 is 7.73. The number of hydrogen-bond donors (Lipinski definition) is 1. The molecule has 0 aliphatic carbocycles. The first-order valence-electron chi connectivity index (χ1n) is 7.62. The molecule has 2 aromatic rings. The molecule has 0 spiro atoms. The van der Waals surface area contributed by atoms with Crippen molar-refractivity contribution in [1.82, 2.24) is 0 Å². The number of carbonyl (C=O) groups is 1. The fraction of sp³-hybridized carbons (Fsp3) is 0.222. The van der Waals surface area contributed by atoms with Crippen LogP contribution in [0.15, 0.2) is 35.7 Å². The lowest BCUT2D eigenvalue weighted by molar-refractivity contribution is 0.0522. The van der Waals surface area contributed by atoms with Gasteiger partial charge in [-0.3, -0.25) is 0 Å². The Kier molecular flexibility index (Phi) is 4.71. The highest BCUT2D eigenvalue weighted by molar-refractivity contribution is 7.12. The van der Waals surface area contributed by atoms with Crippen LogP contribution in [-0.4, -0.2) is 12.6 Å². The molecule has 3 rings (SSSR count). The zero-order chi connectivity index (χ0) is 18.1. The minimum atomic E-state index is -0.477. The predicted molar refractivity (Wildman–Crippen MR) is 95.8 cm³/mol. The molecule has 0 saturated carbocycles. The summed E-state index contributed by atoms with van der Waals surface area (Å²) < 4.78 is 10.8. The van der Waals surface area contributed by atoms with Crippen molar-refractivity contribution in [1.29, 1.82) is 5.26 Å². The van der Waals surface area contributed by atoms with Crippen LogP contribution in [0.1, 0.15) is 38.5 Å². The second kappa shape index (κ2) is 6.79. The predicted octanol–water partition coefficient (Wildman–Crippen LogP) is 4.10. The minimum Gasteiger partial charge on any atom is -0.462 e. The molecule has 1 atom stereocenters. The Morgan fingerprint density at radius 3 is 2.84 bits per heavy atom. The van der Waals surface area contributed by atoms with Crippen LogP contribution in [0.3, 0.4) is 0 Å². The number of nitrogens with zero attached hydrogens (tertiary/aromatic N) is 1. The molecule has 25 heavy (non-hydrogen) atoms. The van der Waals surface area contributed by atoms with Crippen molar-refractivity contribution in [2.24, 2.45) is 5.73 Å². The zero-order valence-electron chi connectivity index (χ0n) is 13.6. The van der Waals surface area contributed by atoms with Gasteiger partial charge in [0.05, 0.1) is 17.4 Å². The van der Waals surface area contributed by atoms with E-state index in [1.54, 1.807) is 13.0 Å². The molecule has 2 heterocycles. The Balaban J connectivity index is 2.24. The SMILES string of the molecule is CCOC(=O)c1c(C)sc2c1OC(N)=C(C#N)C2c1ccccc1Cl. The summed E-state index contributed by atoms with van der Waals surface area (Å²) in [5, 5.41) is 10.1. The number of aryl methyl sites for hydroxylation is 1. The summed E-state index contributed by atoms with van der Waals surface area (Å²) in [4.78, 5) is 13.8. The second-order valence-electron chi connectivity index (χ2n) is 5.39. The standard InChI is InChI=1S/C18H15ClN2O3S/c1-3-23-18(22)13-9(2)25-16-14(10-6-4-5-7-12(10)19)11(8-20)17(21)24-15(13)16/h4-7,14H,3,21H2,1-2H3. The molecule has 0 saturated heterocycles. The van der Waals surface area contributed by atoms with Crippen LogP contribution < -0.4 is 10.5 Å². The van der Waals surface area contributed by atoms with Gasteiger partial charge in [-0.15, -0.1) is 11.3 Å². The highest BCUT2D eigenvalue weighted by Gasteiger charge is 2.37. The van der Waals surface area contributed by atoms with Crippen molar-refractivity contribution in [3.63, 3.8) is 0 Å². The number of benzene rings is 1. The van der Waals surface area contributed by atoms with Gasteiger partial charge in [0.2, 0.25) is 5.88 Å². The van der Waals surface area contributed by atoms with Gasteiger partial charge in [0, 0.05) is 9.90 Å². The third kappa shape index (κ3) is 2.86. The number of hydrogen-bond acceptors (Lipinski definition) is 6. The van der Waals surface area contributed by atoms with Crippen LogP contribution in [0.5, 0.6) is 5.75 Å². The number of fused-ring (bicyclic) bond motifs is 1. The number of esters is 1. The van der Waals surface area contributed by atoms with Gasteiger partial charge in [-0.25, -0.2) is 4.79 Å². The molecule has 5 nitrogen and oxygen atoms in total. The van der Waals surface area contributed by atoms with E-state index < -0.39 is 11.9 Å². The monoisotopic (exact) mass is 374 g/mol. The minimum absolute atomic E-state index is 0.0248. The molecule has 7 heteroatoms. The van der Waals surface area contributed by atoms with Crippen molar-refractivity contribution < 1.29 is 14.3 Å². The average molecular weight is 375 g/mol. The molecule has 1 aromatic carbocycles. The molecule has 0 bridgehead atoms. The number of nitrogens with two attached hydrogens (primary N) is 1. The lowest BCUT2D eigenvalue weighted by atomic mass is 9.88. The lowest BCUT2D eigenvalue weighted by Gasteiger charge is -2.24. The van der Waals surface area contributed by atoms with Crippen molar-refractivity contribution >= 4 is 28.9 Å². The van der Waals surface area contributed by atoms with Crippen molar-refractivity contribution in [2.75, 3.05) is 6.61 Å². The molecular formula is C18H15ClN2O3S. The molecule has 1 aliphatic heterocycles. The van der Waals surface area contributed by atoms with Crippen LogP contribution in [0, 0.1) is 18.3 Å². The second-order valence-corrected chi connectivity index (χ2v) is 7.06. The van der Waals surface area contributed by atoms with E-state index in [0.29, 0.717) is 16.3 Å². The summed E-state index contributed by atoms with van der Waals surface area (Å²) in [6, 6.07) is 9.36. The third-order valence-electron chi connectivity index (χ3n) is 3.91. The molecule has 2 N–H and O–H groups in total. The Morgan fingerprint density at radius 2 is 2.20 bits per heavy atom. The highest BCUT2D eigenvalue weighted by atomic mass is 35.5. The molecule has 1 aromatic heterocycles. The van der Waals surface area contributed by atoms with Crippen LogP contribution >= 0.6 is 22.9 Å². The Hall–Kier alpha value is -2.49. The number of halogens is 1. The van der Waals surface area contributed by atoms with E-state index in [1.807, 2.05) is 25.1 Å². The summed E-state index contributed by atoms with van der Waals surface area (Å²) in [5.74, 6) is -0.622. The lowest BCUT2D eigenvalue weighted by Crippen LogP contribution is -2.21. The summed E-state index contributed by atoms with van der Waals surface area (Å²) in [6.45, 7) is 3.80. The first-order chi connectivity index (χ1) is 12.0. The van der Waals surface area contributed by atoms with Gasteiger partial charge < -0.3 is 15.2 Å². The van der Waals surface area contributed by atoms with E-state index in [4.69, 9.17) is 26.8 Å². The average Bonchev–Trinajstić information content (AvgIpc) is 2.90.